The number of amides is 2. The molecule has 5 atom stereocenters. The van der Waals surface area contributed by atoms with E-state index >= 15 is 0 Å². The van der Waals surface area contributed by atoms with Gasteiger partial charge in [-0.05, 0) is 44.6 Å². The number of benzene rings is 1. The molecule has 0 aromatic heterocycles. The summed E-state index contributed by atoms with van der Waals surface area (Å²) in [5.74, 6) is 0.572. The maximum absolute atomic E-state index is 12.4. The lowest BCUT2D eigenvalue weighted by molar-refractivity contribution is 0.0549. The third kappa shape index (κ3) is 4.95. The summed E-state index contributed by atoms with van der Waals surface area (Å²) in [5, 5.41) is 15.9. The molecule has 1 saturated carbocycles. The van der Waals surface area contributed by atoms with Crippen LogP contribution in [0.1, 0.15) is 50.5 Å². The Kier molecular flexibility index (Phi) is 6.32. The minimum absolute atomic E-state index is 0.107. The van der Waals surface area contributed by atoms with E-state index in [0.717, 1.165) is 37.9 Å². The normalized spacial score (nSPS) is 28.0. The molecule has 3 N–H and O–H groups in total. The van der Waals surface area contributed by atoms with Gasteiger partial charge in [0.2, 0.25) is 0 Å². The van der Waals surface area contributed by atoms with Gasteiger partial charge < -0.3 is 20.5 Å². The quantitative estimate of drug-likeness (QED) is 0.742. The van der Waals surface area contributed by atoms with Crippen molar-refractivity contribution < 1.29 is 14.6 Å². The van der Waals surface area contributed by atoms with Gasteiger partial charge in [0.15, 0.2) is 0 Å². The molecule has 1 aromatic carbocycles. The van der Waals surface area contributed by atoms with Crippen LogP contribution < -0.4 is 10.6 Å². The van der Waals surface area contributed by atoms with E-state index in [1.54, 1.807) is 6.92 Å². The molecule has 5 nitrogen and oxygen atoms in total. The first-order valence-corrected chi connectivity index (χ1v) is 9.52. The topological polar surface area (TPSA) is 70.6 Å². The maximum Gasteiger partial charge on any atom is 0.315 e. The summed E-state index contributed by atoms with van der Waals surface area (Å²) in [6.45, 7) is 3.13. The fourth-order valence-electron chi connectivity index (χ4n) is 4.26. The average molecular weight is 346 g/mol. The minimum atomic E-state index is -0.398. The van der Waals surface area contributed by atoms with E-state index in [4.69, 9.17) is 4.74 Å². The fourth-order valence-corrected chi connectivity index (χ4v) is 4.26. The molecular formula is C20H30N2O3. The van der Waals surface area contributed by atoms with Gasteiger partial charge in [0, 0.05) is 31.0 Å². The summed E-state index contributed by atoms with van der Waals surface area (Å²) in [6.07, 6.45) is 4.87. The van der Waals surface area contributed by atoms with Crippen molar-refractivity contribution in [1.29, 1.82) is 0 Å². The second-order valence-electron chi connectivity index (χ2n) is 7.45. The van der Waals surface area contributed by atoms with Crippen molar-refractivity contribution in [3.05, 3.63) is 35.9 Å². The minimum Gasteiger partial charge on any atom is -0.393 e. The Bertz CT molecular complexity index is 549. The first-order valence-electron chi connectivity index (χ1n) is 9.52. The Morgan fingerprint density at radius 1 is 1.28 bits per heavy atom. The molecule has 0 spiro atoms. The summed E-state index contributed by atoms with van der Waals surface area (Å²) in [4.78, 5) is 12.4. The first kappa shape index (κ1) is 18.2. The second-order valence-corrected chi connectivity index (χ2v) is 7.45. The van der Waals surface area contributed by atoms with Crippen LogP contribution >= 0.6 is 0 Å². The highest BCUT2D eigenvalue weighted by atomic mass is 16.5. The standard InChI is InChI=1S/C20H30N2O3/c1-14(23)12-16(15-6-3-2-4-7-15)13-21-20(24)22-18-8-5-9-19-17(18)10-11-25-19/h2-4,6-7,14,16-19,23H,5,8-13H2,1H3,(H2,21,22,24)/t14-,16+,17-,18+,19-/m0/s1. The average Bonchev–Trinajstić information content (AvgIpc) is 3.09. The van der Waals surface area contributed by atoms with Crippen LogP contribution in [0.25, 0.3) is 0 Å². The Morgan fingerprint density at radius 2 is 2.08 bits per heavy atom. The van der Waals surface area contributed by atoms with Gasteiger partial charge in [-0.25, -0.2) is 4.79 Å². The number of aliphatic hydroxyl groups is 1. The zero-order chi connectivity index (χ0) is 17.6. The lowest BCUT2D eigenvalue weighted by Gasteiger charge is -2.33. The summed E-state index contributed by atoms with van der Waals surface area (Å²) in [6, 6.07) is 10.2. The van der Waals surface area contributed by atoms with E-state index < -0.39 is 6.10 Å². The molecule has 0 unspecified atom stereocenters. The van der Waals surface area contributed by atoms with Gasteiger partial charge >= 0.3 is 6.03 Å². The summed E-state index contributed by atoms with van der Waals surface area (Å²) < 4.78 is 5.77. The fraction of sp³-hybridized carbons (Fsp3) is 0.650. The number of nitrogens with one attached hydrogen (secondary N) is 2. The number of aliphatic hydroxyl groups excluding tert-OH is 1. The van der Waals surface area contributed by atoms with Gasteiger partial charge in [-0.3, -0.25) is 0 Å². The molecular weight excluding hydrogens is 316 g/mol. The highest BCUT2D eigenvalue weighted by molar-refractivity contribution is 5.74. The van der Waals surface area contributed by atoms with Gasteiger partial charge in [0.25, 0.3) is 0 Å². The molecule has 2 fully saturated rings. The van der Waals surface area contributed by atoms with E-state index in [1.165, 1.54) is 0 Å². The van der Waals surface area contributed by atoms with Gasteiger partial charge in [-0.2, -0.15) is 0 Å². The molecule has 2 amide bonds. The molecule has 3 rings (SSSR count). The SMILES string of the molecule is C[C@H](O)C[C@H](CNC(=O)N[C@@H]1CCC[C@@H]2OCC[C@H]21)c1ccccc1. The molecule has 1 aromatic rings. The first-order chi connectivity index (χ1) is 12.1. The van der Waals surface area contributed by atoms with Crippen LogP contribution in [0, 0.1) is 5.92 Å². The van der Waals surface area contributed by atoms with Gasteiger partial charge in [-0.1, -0.05) is 30.3 Å². The Morgan fingerprint density at radius 3 is 2.84 bits per heavy atom. The smallest absolute Gasteiger partial charge is 0.315 e. The Labute approximate surface area is 150 Å². The Hall–Kier alpha value is -1.59. The molecule has 1 aliphatic heterocycles. The van der Waals surface area contributed by atoms with Gasteiger partial charge in [0.1, 0.15) is 0 Å². The molecule has 138 valence electrons. The van der Waals surface area contributed by atoms with Crippen molar-refractivity contribution in [1.82, 2.24) is 10.6 Å². The highest BCUT2D eigenvalue weighted by Gasteiger charge is 2.38. The Balaban J connectivity index is 1.52. The summed E-state index contributed by atoms with van der Waals surface area (Å²) in [5.41, 5.74) is 1.14. The third-order valence-corrected chi connectivity index (χ3v) is 5.50. The number of carbonyl (C=O) groups excluding carboxylic acids is 1. The third-order valence-electron chi connectivity index (χ3n) is 5.50. The summed E-state index contributed by atoms with van der Waals surface area (Å²) in [7, 11) is 0. The number of rotatable bonds is 6. The zero-order valence-electron chi connectivity index (χ0n) is 15.0. The number of urea groups is 1. The lowest BCUT2D eigenvalue weighted by atomic mass is 9.82. The molecule has 1 saturated heterocycles. The second kappa shape index (κ2) is 8.68. The zero-order valence-corrected chi connectivity index (χ0v) is 15.0. The van der Waals surface area contributed by atoms with E-state index in [0.29, 0.717) is 25.0 Å². The predicted octanol–water partition coefficient (Wildman–Crippen LogP) is 2.80. The van der Waals surface area contributed by atoms with Crippen LogP contribution in [-0.2, 0) is 4.74 Å². The molecule has 0 radical (unpaired) electrons. The number of hydrogen-bond donors (Lipinski definition) is 3. The largest absolute Gasteiger partial charge is 0.393 e. The van der Waals surface area contributed by atoms with E-state index in [2.05, 4.69) is 10.6 Å². The number of fused-ring (bicyclic) bond motifs is 1. The van der Waals surface area contributed by atoms with Gasteiger partial charge in [0.05, 0.1) is 12.2 Å². The molecule has 5 heteroatoms. The van der Waals surface area contributed by atoms with Crippen molar-refractivity contribution in [3.63, 3.8) is 0 Å². The molecule has 0 bridgehead atoms. The van der Waals surface area contributed by atoms with Crippen LogP contribution in [-0.4, -0.2) is 42.5 Å². The van der Waals surface area contributed by atoms with Gasteiger partial charge in [-0.15, -0.1) is 0 Å². The highest BCUT2D eigenvalue weighted by Crippen LogP contribution is 2.34. The maximum atomic E-state index is 12.4. The van der Waals surface area contributed by atoms with E-state index in [1.807, 2.05) is 30.3 Å². The lowest BCUT2D eigenvalue weighted by Crippen LogP contribution is -2.49. The van der Waals surface area contributed by atoms with Crippen LogP contribution in [0.5, 0.6) is 0 Å². The molecule has 2 aliphatic rings. The monoisotopic (exact) mass is 346 g/mol. The van der Waals surface area contributed by atoms with Crippen molar-refractivity contribution >= 4 is 6.03 Å². The van der Waals surface area contributed by atoms with Crippen molar-refractivity contribution in [3.8, 4) is 0 Å². The number of carbonyl (C=O) groups is 1. The predicted molar refractivity (Wildman–Crippen MR) is 97.5 cm³/mol. The van der Waals surface area contributed by atoms with Crippen molar-refractivity contribution in [2.75, 3.05) is 13.2 Å². The summed E-state index contributed by atoms with van der Waals surface area (Å²) >= 11 is 0. The van der Waals surface area contributed by atoms with Crippen LogP contribution in [0.3, 0.4) is 0 Å². The van der Waals surface area contributed by atoms with E-state index in [9.17, 15) is 9.90 Å². The van der Waals surface area contributed by atoms with Crippen molar-refractivity contribution in [2.45, 2.75) is 63.2 Å². The van der Waals surface area contributed by atoms with Crippen LogP contribution in [0.2, 0.25) is 0 Å². The molecule has 1 heterocycles. The van der Waals surface area contributed by atoms with E-state index in [-0.39, 0.29) is 18.0 Å². The molecule has 1 aliphatic carbocycles. The number of hydrogen-bond acceptors (Lipinski definition) is 3. The molecule has 25 heavy (non-hydrogen) atoms. The number of ether oxygens (including phenoxy) is 1. The van der Waals surface area contributed by atoms with Crippen molar-refractivity contribution in [2.24, 2.45) is 5.92 Å². The van der Waals surface area contributed by atoms with Crippen LogP contribution in [0.15, 0.2) is 30.3 Å². The van der Waals surface area contributed by atoms with Crippen LogP contribution in [0.4, 0.5) is 4.79 Å².